The van der Waals surface area contributed by atoms with Crippen LogP contribution in [-0.4, -0.2) is 12.6 Å². The highest BCUT2D eigenvalue weighted by atomic mass is 35.5. The first-order valence-electron chi connectivity index (χ1n) is 4.73. The van der Waals surface area contributed by atoms with Crippen LogP contribution in [0.3, 0.4) is 0 Å². The lowest BCUT2D eigenvalue weighted by Crippen LogP contribution is -2.05. The van der Waals surface area contributed by atoms with E-state index >= 15 is 0 Å². The smallest absolute Gasteiger partial charge is 0.306 e. The number of rotatable bonds is 4. The normalized spacial score (nSPS) is 10.1. The molecule has 0 aliphatic carbocycles. The molecule has 0 saturated heterocycles. The van der Waals surface area contributed by atoms with Crippen molar-refractivity contribution in [2.24, 2.45) is 0 Å². The fourth-order valence-corrected chi connectivity index (χ4v) is 1.40. The second-order valence-electron chi connectivity index (χ2n) is 3.04. The molecule has 1 aromatic rings. The van der Waals surface area contributed by atoms with E-state index in [4.69, 9.17) is 16.3 Å². The zero-order valence-electron chi connectivity index (χ0n) is 8.43. The summed E-state index contributed by atoms with van der Waals surface area (Å²) in [7, 11) is 0. The van der Waals surface area contributed by atoms with Gasteiger partial charge in [0, 0.05) is 11.4 Å². The van der Waals surface area contributed by atoms with Crippen LogP contribution in [-0.2, 0) is 16.0 Å². The van der Waals surface area contributed by atoms with Crippen LogP contribution in [0.2, 0.25) is 5.02 Å². The second kappa shape index (κ2) is 5.71. The predicted octanol–water partition coefficient (Wildman–Crippen LogP) is 2.97. The SMILES string of the molecule is CCOC(=O)CCc1cc(Cl)ccc1F. The molecule has 0 aromatic heterocycles. The lowest BCUT2D eigenvalue weighted by atomic mass is 10.1. The van der Waals surface area contributed by atoms with Crippen molar-refractivity contribution in [3.05, 3.63) is 34.6 Å². The predicted molar refractivity (Wildman–Crippen MR) is 56.4 cm³/mol. The van der Waals surface area contributed by atoms with E-state index in [0.717, 1.165) is 0 Å². The van der Waals surface area contributed by atoms with Gasteiger partial charge in [0.25, 0.3) is 0 Å². The molecule has 2 nitrogen and oxygen atoms in total. The molecule has 15 heavy (non-hydrogen) atoms. The molecule has 0 unspecified atom stereocenters. The zero-order chi connectivity index (χ0) is 11.3. The van der Waals surface area contributed by atoms with E-state index in [1.165, 1.54) is 18.2 Å². The molecule has 0 atom stereocenters. The van der Waals surface area contributed by atoms with Gasteiger partial charge in [-0.25, -0.2) is 4.39 Å². The van der Waals surface area contributed by atoms with E-state index < -0.39 is 0 Å². The Morgan fingerprint density at radius 3 is 2.93 bits per heavy atom. The standard InChI is InChI=1S/C11H12ClFO2/c1-2-15-11(14)6-3-8-7-9(12)4-5-10(8)13/h4-5,7H,2-3,6H2,1H3. The molecular weight excluding hydrogens is 219 g/mol. The summed E-state index contributed by atoms with van der Waals surface area (Å²) in [5.41, 5.74) is 0.440. The largest absolute Gasteiger partial charge is 0.466 e. The summed E-state index contributed by atoms with van der Waals surface area (Å²) < 4.78 is 17.9. The molecule has 0 aliphatic rings. The Balaban J connectivity index is 2.57. The molecule has 0 saturated carbocycles. The van der Waals surface area contributed by atoms with Gasteiger partial charge in [-0.3, -0.25) is 4.79 Å². The van der Waals surface area contributed by atoms with Crippen LogP contribution in [0.1, 0.15) is 18.9 Å². The van der Waals surface area contributed by atoms with Gasteiger partial charge < -0.3 is 4.74 Å². The van der Waals surface area contributed by atoms with Crippen LogP contribution in [0.25, 0.3) is 0 Å². The van der Waals surface area contributed by atoms with Crippen molar-refractivity contribution in [3.63, 3.8) is 0 Å². The Morgan fingerprint density at radius 2 is 2.27 bits per heavy atom. The van der Waals surface area contributed by atoms with Crippen LogP contribution in [0.5, 0.6) is 0 Å². The number of hydrogen-bond donors (Lipinski definition) is 0. The zero-order valence-corrected chi connectivity index (χ0v) is 9.18. The van der Waals surface area contributed by atoms with Gasteiger partial charge in [-0.05, 0) is 37.1 Å². The highest BCUT2D eigenvalue weighted by Crippen LogP contribution is 2.16. The van der Waals surface area contributed by atoms with Crippen LogP contribution < -0.4 is 0 Å². The van der Waals surface area contributed by atoms with E-state index in [-0.39, 0.29) is 18.2 Å². The van der Waals surface area contributed by atoms with Crippen molar-refractivity contribution in [1.82, 2.24) is 0 Å². The van der Waals surface area contributed by atoms with Gasteiger partial charge in [-0.2, -0.15) is 0 Å². The topological polar surface area (TPSA) is 26.3 Å². The molecular formula is C11H12ClFO2. The molecule has 1 rings (SSSR count). The third-order valence-corrected chi connectivity index (χ3v) is 2.15. The number of halogens is 2. The third-order valence-electron chi connectivity index (χ3n) is 1.91. The molecule has 1 aromatic carbocycles. The Hall–Kier alpha value is -1.09. The Morgan fingerprint density at radius 1 is 1.53 bits per heavy atom. The van der Waals surface area contributed by atoms with Crippen molar-refractivity contribution >= 4 is 17.6 Å². The molecule has 0 N–H and O–H groups in total. The number of carbonyl (C=O) groups excluding carboxylic acids is 1. The van der Waals surface area contributed by atoms with Crippen LogP contribution >= 0.6 is 11.6 Å². The first-order chi connectivity index (χ1) is 7.13. The van der Waals surface area contributed by atoms with Crippen molar-refractivity contribution in [1.29, 1.82) is 0 Å². The summed E-state index contributed by atoms with van der Waals surface area (Å²) in [4.78, 5) is 11.0. The molecule has 0 aliphatic heterocycles. The number of benzene rings is 1. The van der Waals surface area contributed by atoms with Gasteiger partial charge >= 0.3 is 5.97 Å². The first kappa shape index (κ1) is 12.0. The van der Waals surface area contributed by atoms with E-state index in [2.05, 4.69) is 0 Å². The minimum Gasteiger partial charge on any atom is -0.466 e. The lowest BCUT2D eigenvalue weighted by Gasteiger charge is -2.03. The maximum absolute atomic E-state index is 13.2. The van der Waals surface area contributed by atoms with Crippen molar-refractivity contribution < 1.29 is 13.9 Å². The molecule has 0 radical (unpaired) electrons. The molecule has 0 amide bonds. The van der Waals surface area contributed by atoms with Gasteiger partial charge in [-0.1, -0.05) is 11.6 Å². The number of carbonyl (C=O) groups is 1. The quantitative estimate of drug-likeness (QED) is 0.744. The highest BCUT2D eigenvalue weighted by Gasteiger charge is 2.07. The van der Waals surface area contributed by atoms with Gasteiger partial charge in [-0.15, -0.1) is 0 Å². The maximum atomic E-state index is 13.2. The van der Waals surface area contributed by atoms with Crippen molar-refractivity contribution in [3.8, 4) is 0 Å². The Kier molecular flexibility index (Phi) is 4.56. The van der Waals surface area contributed by atoms with Crippen LogP contribution in [0, 0.1) is 5.82 Å². The highest BCUT2D eigenvalue weighted by molar-refractivity contribution is 6.30. The molecule has 0 fully saturated rings. The Bertz CT molecular complexity index is 352. The Labute approximate surface area is 93.0 Å². The van der Waals surface area contributed by atoms with Gasteiger partial charge in [0.05, 0.1) is 6.61 Å². The number of aryl methyl sites for hydroxylation is 1. The number of esters is 1. The van der Waals surface area contributed by atoms with E-state index in [0.29, 0.717) is 23.6 Å². The maximum Gasteiger partial charge on any atom is 0.306 e. The fraction of sp³-hybridized carbons (Fsp3) is 0.364. The number of ether oxygens (including phenoxy) is 1. The van der Waals surface area contributed by atoms with Crippen LogP contribution in [0.4, 0.5) is 4.39 Å². The summed E-state index contributed by atoms with van der Waals surface area (Å²) in [6.45, 7) is 2.08. The third kappa shape index (κ3) is 3.88. The fourth-order valence-electron chi connectivity index (χ4n) is 1.20. The molecule has 0 heterocycles. The van der Waals surface area contributed by atoms with Crippen LogP contribution in [0.15, 0.2) is 18.2 Å². The summed E-state index contributed by atoms with van der Waals surface area (Å²) in [6.07, 6.45) is 0.482. The number of hydrogen-bond acceptors (Lipinski definition) is 2. The first-order valence-corrected chi connectivity index (χ1v) is 5.11. The second-order valence-corrected chi connectivity index (χ2v) is 3.48. The van der Waals surface area contributed by atoms with Gasteiger partial charge in [0.15, 0.2) is 0 Å². The monoisotopic (exact) mass is 230 g/mol. The lowest BCUT2D eigenvalue weighted by molar-refractivity contribution is -0.143. The average molecular weight is 231 g/mol. The van der Waals surface area contributed by atoms with Crippen molar-refractivity contribution in [2.75, 3.05) is 6.61 Å². The summed E-state index contributed by atoms with van der Waals surface area (Å²) >= 11 is 5.71. The molecule has 4 heteroatoms. The summed E-state index contributed by atoms with van der Waals surface area (Å²) in [5.74, 6) is -0.666. The van der Waals surface area contributed by atoms with E-state index in [1.807, 2.05) is 0 Å². The van der Waals surface area contributed by atoms with Gasteiger partial charge in [0.2, 0.25) is 0 Å². The molecule has 82 valence electrons. The summed E-state index contributed by atoms with van der Waals surface area (Å²) in [6, 6.07) is 4.30. The minimum absolute atomic E-state index is 0.172. The summed E-state index contributed by atoms with van der Waals surface area (Å²) in [5, 5.41) is 0.468. The molecule has 0 spiro atoms. The minimum atomic E-state index is -0.344. The van der Waals surface area contributed by atoms with Crippen molar-refractivity contribution in [2.45, 2.75) is 19.8 Å². The van der Waals surface area contributed by atoms with E-state index in [9.17, 15) is 9.18 Å². The van der Waals surface area contributed by atoms with Gasteiger partial charge in [0.1, 0.15) is 5.82 Å². The van der Waals surface area contributed by atoms with E-state index in [1.54, 1.807) is 6.92 Å². The molecule has 0 bridgehead atoms. The average Bonchev–Trinajstić information content (AvgIpc) is 2.20.